The summed E-state index contributed by atoms with van der Waals surface area (Å²) in [4.78, 5) is 9.30. The average molecular weight is 479 g/mol. The Kier molecular flexibility index (Phi) is 9.28. The molecule has 1 aromatic heterocycles. The zero-order valence-electron chi connectivity index (χ0n) is 16.6. The second kappa shape index (κ2) is 10.4. The number of nitrogens with zero attached hydrogens (tertiary/aromatic N) is 5. The van der Waals surface area contributed by atoms with Gasteiger partial charge in [-0.3, -0.25) is 9.58 Å². The van der Waals surface area contributed by atoms with Crippen molar-refractivity contribution in [3.05, 3.63) is 18.0 Å². The van der Waals surface area contributed by atoms with Crippen LogP contribution in [0.3, 0.4) is 0 Å². The summed E-state index contributed by atoms with van der Waals surface area (Å²) >= 11 is 0. The van der Waals surface area contributed by atoms with Crippen LogP contribution in [0.4, 0.5) is 0 Å². The molecule has 8 nitrogen and oxygen atoms in total. The summed E-state index contributed by atoms with van der Waals surface area (Å²) in [6.45, 7) is 8.90. The summed E-state index contributed by atoms with van der Waals surface area (Å²) < 4.78 is 1.69. The second-order valence-corrected chi connectivity index (χ2v) is 7.15. The summed E-state index contributed by atoms with van der Waals surface area (Å²) in [7, 11) is 6.16. The molecule has 2 heterocycles. The van der Waals surface area contributed by atoms with E-state index in [0.717, 1.165) is 44.2 Å². The Hall–Kier alpha value is -0.910. The third kappa shape index (κ3) is 6.67. The molecule has 0 aromatic carbocycles. The lowest BCUT2D eigenvalue weighted by molar-refractivity contribution is 0.0671. The number of aryl methyl sites for hydroxylation is 1. The van der Waals surface area contributed by atoms with Gasteiger partial charge < -0.3 is 20.6 Å². The highest BCUT2D eigenvalue weighted by atomic mass is 127. The Balaban J connectivity index is 0.00000338. The minimum Gasteiger partial charge on any atom is -0.383 e. The third-order valence-corrected chi connectivity index (χ3v) is 4.70. The van der Waals surface area contributed by atoms with Gasteiger partial charge in [-0.15, -0.1) is 24.0 Å². The lowest BCUT2D eigenvalue weighted by atomic mass is 10.0. The van der Waals surface area contributed by atoms with E-state index in [-0.39, 0.29) is 30.5 Å². The number of piperazine rings is 1. The predicted octanol–water partition coefficient (Wildman–Crippen LogP) is 0.0465. The first kappa shape index (κ1) is 23.1. The molecular formula is C17H34IN7O. The minimum atomic E-state index is -1.04. The van der Waals surface area contributed by atoms with Gasteiger partial charge in [-0.25, -0.2) is 4.99 Å². The molecule has 1 aliphatic heterocycles. The maximum Gasteiger partial charge on any atom is 0.191 e. The largest absolute Gasteiger partial charge is 0.383 e. The van der Waals surface area contributed by atoms with E-state index in [1.54, 1.807) is 17.8 Å². The number of likely N-dealkylation sites (N-methyl/N-ethyl adjacent to an activating group) is 2. The van der Waals surface area contributed by atoms with Crippen molar-refractivity contribution in [1.82, 2.24) is 30.2 Å². The van der Waals surface area contributed by atoms with E-state index in [9.17, 15) is 5.11 Å². The Morgan fingerprint density at radius 2 is 2.08 bits per heavy atom. The van der Waals surface area contributed by atoms with Crippen LogP contribution in [0.2, 0.25) is 0 Å². The summed E-state index contributed by atoms with van der Waals surface area (Å²) in [5.74, 6) is 0.730. The third-order valence-electron chi connectivity index (χ3n) is 4.70. The predicted molar refractivity (Wildman–Crippen MR) is 116 cm³/mol. The molecule has 1 saturated heterocycles. The number of halogens is 1. The molecule has 26 heavy (non-hydrogen) atoms. The highest BCUT2D eigenvalue weighted by molar-refractivity contribution is 14.0. The van der Waals surface area contributed by atoms with Crippen molar-refractivity contribution in [2.45, 2.75) is 25.5 Å². The number of hydrogen-bond donors (Lipinski definition) is 3. The van der Waals surface area contributed by atoms with Gasteiger partial charge in [0, 0.05) is 57.6 Å². The fourth-order valence-corrected chi connectivity index (χ4v) is 2.90. The van der Waals surface area contributed by atoms with Crippen LogP contribution in [0, 0.1) is 0 Å². The van der Waals surface area contributed by atoms with Crippen LogP contribution < -0.4 is 10.6 Å². The highest BCUT2D eigenvalue weighted by Crippen LogP contribution is 2.19. The summed E-state index contributed by atoms with van der Waals surface area (Å²) in [6, 6.07) is 0.446. The molecule has 2 rings (SSSR count). The Bertz CT molecular complexity index is 575. The standard InChI is InChI=1S/C17H33N7O.HI/c1-6-18-16(19-10-15-12-22(3)7-8-23(15)4)20-13-17(2,25)14-9-21-24(5)11-14;/h9,11,15,25H,6-8,10,12-13H2,1-5H3,(H2,18,19,20);1H. The van der Waals surface area contributed by atoms with Gasteiger partial charge in [-0.2, -0.15) is 5.10 Å². The number of hydrogen-bond acceptors (Lipinski definition) is 5. The lowest BCUT2D eigenvalue weighted by Crippen LogP contribution is -2.55. The van der Waals surface area contributed by atoms with Crippen molar-refractivity contribution in [1.29, 1.82) is 0 Å². The molecule has 1 fully saturated rings. The molecule has 1 aliphatic rings. The van der Waals surface area contributed by atoms with Crippen LogP contribution in [0.1, 0.15) is 19.4 Å². The first-order valence-corrected chi connectivity index (χ1v) is 8.94. The molecule has 0 bridgehead atoms. The summed E-state index contributed by atoms with van der Waals surface area (Å²) in [5, 5.41) is 21.5. The van der Waals surface area contributed by atoms with Gasteiger partial charge in [-0.1, -0.05) is 0 Å². The molecule has 0 amide bonds. The highest BCUT2D eigenvalue weighted by Gasteiger charge is 2.25. The maximum absolute atomic E-state index is 10.7. The fraction of sp³-hybridized carbons (Fsp3) is 0.765. The van der Waals surface area contributed by atoms with E-state index in [1.807, 2.05) is 20.2 Å². The van der Waals surface area contributed by atoms with E-state index in [4.69, 9.17) is 0 Å². The van der Waals surface area contributed by atoms with Gasteiger partial charge >= 0.3 is 0 Å². The van der Waals surface area contributed by atoms with E-state index in [2.05, 4.69) is 44.6 Å². The van der Waals surface area contributed by atoms with E-state index >= 15 is 0 Å². The molecule has 2 unspecified atom stereocenters. The number of nitrogens with one attached hydrogen (secondary N) is 2. The molecular weight excluding hydrogens is 445 g/mol. The molecule has 9 heteroatoms. The number of rotatable bonds is 6. The van der Waals surface area contributed by atoms with Crippen LogP contribution >= 0.6 is 24.0 Å². The SMILES string of the molecule is CCNC(=NCC(C)(O)c1cnn(C)c1)NCC1CN(C)CCN1C.I. The monoisotopic (exact) mass is 479 g/mol. The van der Waals surface area contributed by atoms with Gasteiger partial charge in [0.2, 0.25) is 0 Å². The zero-order chi connectivity index (χ0) is 18.4. The number of aromatic nitrogens is 2. The Morgan fingerprint density at radius 1 is 1.35 bits per heavy atom. The fourth-order valence-electron chi connectivity index (χ4n) is 2.90. The van der Waals surface area contributed by atoms with Crippen molar-refractivity contribution in [3.8, 4) is 0 Å². The van der Waals surface area contributed by atoms with Gasteiger partial charge in [0.15, 0.2) is 5.96 Å². The first-order valence-electron chi connectivity index (χ1n) is 8.94. The van der Waals surface area contributed by atoms with Gasteiger partial charge in [0.1, 0.15) is 5.60 Å². The molecule has 2 atom stereocenters. The number of guanidine groups is 1. The normalized spacial score (nSPS) is 21.8. The van der Waals surface area contributed by atoms with E-state index in [1.165, 1.54) is 0 Å². The van der Waals surface area contributed by atoms with Crippen molar-refractivity contribution in [2.24, 2.45) is 12.0 Å². The molecule has 1 aromatic rings. The minimum absolute atomic E-state index is 0. The van der Waals surface area contributed by atoms with Crippen LogP contribution in [0.25, 0.3) is 0 Å². The Labute approximate surface area is 174 Å². The molecule has 150 valence electrons. The lowest BCUT2D eigenvalue weighted by Gasteiger charge is -2.38. The van der Waals surface area contributed by atoms with Crippen LogP contribution in [0.5, 0.6) is 0 Å². The second-order valence-electron chi connectivity index (χ2n) is 7.15. The van der Waals surface area contributed by atoms with Gasteiger partial charge in [-0.05, 0) is 27.9 Å². The summed E-state index contributed by atoms with van der Waals surface area (Å²) in [5.41, 5.74) is -0.276. The molecule has 0 saturated carbocycles. The number of aliphatic hydroxyl groups is 1. The molecule has 0 radical (unpaired) electrons. The topological polar surface area (TPSA) is 80.9 Å². The first-order chi connectivity index (χ1) is 11.8. The molecule has 0 spiro atoms. The Morgan fingerprint density at radius 3 is 2.69 bits per heavy atom. The van der Waals surface area contributed by atoms with Crippen molar-refractivity contribution < 1.29 is 5.11 Å². The smallest absolute Gasteiger partial charge is 0.191 e. The summed E-state index contributed by atoms with van der Waals surface area (Å²) in [6.07, 6.45) is 3.51. The molecule has 3 N–H and O–H groups in total. The zero-order valence-corrected chi connectivity index (χ0v) is 18.9. The van der Waals surface area contributed by atoms with Crippen LogP contribution in [-0.4, -0.2) is 90.1 Å². The molecule has 0 aliphatic carbocycles. The van der Waals surface area contributed by atoms with E-state index in [0.29, 0.717) is 6.04 Å². The number of aliphatic imine (C=N–C) groups is 1. The van der Waals surface area contributed by atoms with Crippen molar-refractivity contribution in [3.63, 3.8) is 0 Å². The van der Waals surface area contributed by atoms with Gasteiger partial charge in [0.25, 0.3) is 0 Å². The van der Waals surface area contributed by atoms with Crippen LogP contribution in [0.15, 0.2) is 17.4 Å². The van der Waals surface area contributed by atoms with Crippen molar-refractivity contribution >= 4 is 29.9 Å². The van der Waals surface area contributed by atoms with Gasteiger partial charge in [0.05, 0.1) is 12.7 Å². The quantitative estimate of drug-likeness (QED) is 0.304. The maximum atomic E-state index is 10.7. The van der Waals surface area contributed by atoms with Crippen molar-refractivity contribution in [2.75, 3.05) is 53.4 Å². The van der Waals surface area contributed by atoms with E-state index < -0.39 is 5.60 Å². The van der Waals surface area contributed by atoms with Crippen LogP contribution in [-0.2, 0) is 12.6 Å². The average Bonchev–Trinajstić information content (AvgIpc) is 3.00.